The van der Waals surface area contributed by atoms with Gasteiger partial charge in [-0.05, 0) is 67.6 Å². The first-order valence-electron chi connectivity index (χ1n) is 17.0. The third-order valence-electron chi connectivity index (χ3n) is 8.78. The monoisotopic (exact) mass is 775 g/mol. The molecule has 0 radical (unpaired) electrons. The molecular weight excluding hydrogens is 734 g/mol. The van der Waals surface area contributed by atoms with Crippen LogP contribution in [0.15, 0.2) is 59.6 Å². The van der Waals surface area contributed by atoms with E-state index in [1.54, 1.807) is 42.3 Å². The molecule has 3 aromatic rings. The minimum absolute atomic E-state index is 0.116. The number of alkyl halides is 1. The Balaban J connectivity index is 1.19. The maximum Gasteiger partial charge on any atom is 0.305 e. The number of fused-ring (bicyclic) bond motifs is 4. The minimum Gasteiger partial charge on any atom is -0.493 e. The van der Waals surface area contributed by atoms with Gasteiger partial charge in [-0.2, -0.15) is 0 Å². The van der Waals surface area contributed by atoms with E-state index in [0.29, 0.717) is 53.0 Å². The smallest absolute Gasteiger partial charge is 0.305 e. The third-order valence-corrected chi connectivity index (χ3v) is 9.43. The number of ether oxygens (including phenoxy) is 3. The number of methoxy groups -OCH3 is 2. The minimum atomic E-state index is -0.907. The molecule has 0 spiro atoms. The van der Waals surface area contributed by atoms with E-state index in [2.05, 4.69) is 41.6 Å². The zero-order valence-electron chi connectivity index (χ0n) is 29.5. The number of carbonyl (C=O) groups is 5. The van der Waals surface area contributed by atoms with Crippen LogP contribution in [0.4, 0.5) is 17.1 Å². The molecule has 5 rings (SSSR count). The Morgan fingerprint density at radius 2 is 1.65 bits per heavy atom. The van der Waals surface area contributed by atoms with Crippen LogP contribution >= 0.6 is 15.9 Å². The summed E-state index contributed by atoms with van der Waals surface area (Å²) >= 11 is 3.48. The van der Waals surface area contributed by atoms with E-state index in [0.717, 1.165) is 22.4 Å². The molecule has 3 N–H and O–H groups in total. The number of rotatable bonds is 15. The van der Waals surface area contributed by atoms with Crippen LogP contribution in [0.25, 0.3) is 0 Å². The summed E-state index contributed by atoms with van der Waals surface area (Å²) in [4.78, 5) is 69.5. The number of carbonyl (C=O) groups excluding carboxylic acids is 5. The van der Waals surface area contributed by atoms with E-state index in [1.807, 2.05) is 30.3 Å². The number of hydrogen-bond donors (Lipinski definition) is 3. The molecule has 274 valence electrons. The largest absolute Gasteiger partial charge is 0.493 e. The van der Waals surface area contributed by atoms with Crippen LogP contribution < -0.4 is 30.3 Å². The van der Waals surface area contributed by atoms with Crippen molar-refractivity contribution in [2.45, 2.75) is 76.0 Å². The number of hydrogen-bond acceptors (Lipinski definition) is 9. The van der Waals surface area contributed by atoms with Crippen LogP contribution in [-0.2, 0) is 42.3 Å². The van der Waals surface area contributed by atoms with Crippen LogP contribution in [0.1, 0.15) is 66.6 Å². The summed E-state index contributed by atoms with van der Waals surface area (Å²) in [6.07, 6.45) is 3.83. The van der Waals surface area contributed by atoms with E-state index in [-0.39, 0.29) is 43.3 Å². The van der Waals surface area contributed by atoms with E-state index < -0.39 is 23.9 Å². The molecule has 2 aliphatic rings. The van der Waals surface area contributed by atoms with Gasteiger partial charge in [-0.25, -0.2) is 0 Å². The molecule has 3 aromatic carbocycles. The first-order valence-corrected chi connectivity index (χ1v) is 18.1. The number of aliphatic imine (C=N–C) groups is 1. The molecule has 2 heterocycles. The zero-order chi connectivity index (χ0) is 37.4. The van der Waals surface area contributed by atoms with Gasteiger partial charge < -0.3 is 30.2 Å². The fourth-order valence-electron chi connectivity index (χ4n) is 6.04. The topological polar surface area (TPSA) is 165 Å². The quantitative estimate of drug-likeness (QED) is 0.109. The molecule has 0 aromatic heterocycles. The van der Waals surface area contributed by atoms with Gasteiger partial charge in [0.1, 0.15) is 18.7 Å². The van der Waals surface area contributed by atoms with Crippen LogP contribution in [0.2, 0.25) is 0 Å². The van der Waals surface area contributed by atoms with Crippen molar-refractivity contribution in [2.24, 2.45) is 4.99 Å². The molecule has 14 heteroatoms. The van der Waals surface area contributed by atoms with Crippen LogP contribution in [0, 0.1) is 0 Å². The lowest BCUT2D eigenvalue weighted by Gasteiger charge is -2.22. The standard InChI is InChI=1S/C38H42BrN5O8/c1-22(41-34(45)11-7-8-12-35(46)51-4)36(47)42-23(2)37(48)43-27-14-24(19-39)13-25(15-27)21-52-33-18-30-29(17-32(33)50-3)38(49)44-28(20-40-30)16-26-9-5-6-10-31(26)44/h5-6,9-10,13-15,17-18,20,22-23,28H,7-8,11-12,16,19,21H2,1-4H3,(H,41,45)(H,42,47)(H,43,48)/t22-,23-,28?/m0/s1. The molecule has 1 unspecified atom stereocenters. The number of anilines is 2. The van der Waals surface area contributed by atoms with Crippen molar-refractivity contribution in [2.75, 3.05) is 24.4 Å². The van der Waals surface area contributed by atoms with Gasteiger partial charge in [0.2, 0.25) is 17.7 Å². The number of para-hydroxylation sites is 1. The molecular formula is C38H42BrN5O8. The highest BCUT2D eigenvalue weighted by molar-refractivity contribution is 9.08. The Morgan fingerprint density at radius 3 is 2.40 bits per heavy atom. The lowest BCUT2D eigenvalue weighted by molar-refractivity contribution is -0.140. The molecule has 3 atom stereocenters. The molecule has 13 nitrogen and oxygen atoms in total. The molecule has 0 bridgehead atoms. The van der Waals surface area contributed by atoms with E-state index in [4.69, 9.17) is 9.47 Å². The average molecular weight is 777 g/mol. The van der Waals surface area contributed by atoms with Gasteiger partial charge in [0.05, 0.1) is 31.5 Å². The predicted octanol–water partition coefficient (Wildman–Crippen LogP) is 5.14. The van der Waals surface area contributed by atoms with Crippen molar-refractivity contribution >= 4 is 68.8 Å². The van der Waals surface area contributed by atoms with Gasteiger partial charge in [-0.1, -0.05) is 40.2 Å². The number of esters is 1. The highest BCUT2D eigenvalue weighted by atomic mass is 79.9. The van der Waals surface area contributed by atoms with E-state index in [9.17, 15) is 24.0 Å². The fourth-order valence-corrected chi connectivity index (χ4v) is 6.36. The van der Waals surface area contributed by atoms with Gasteiger partial charge in [0.25, 0.3) is 5.91 Å². The second kappa shape index (κ2) is 17.3. The molecule has 52 heavy (non-hydrogen) atoms. The summed E-state index contributed by atoms with van der Waals surface area (Å²) in [6.45, 7) is 3.20. The summed E-state index contributed by atoms with van der Waals surface area (Å²) in [5.74, 6) is -1.01. The normalized spacial score (nSPS) is 15.3. The van der Waals surface area contributed by atoms with Crippen molar-refractivity contribution < 1.29 is 38.2 Å². The van der Waals surface area contributed by atoms with E-state index >= 15 is 0 Å². The van der Waals surface area contributed by atoms with Gasteiger partial charge in [0, 0.05) is 48.2 Å². The van der Waals surface area contributed by atoms with Crippen LogP contribution in [0.5, 0.6) is 11.5 Å². The predicted molar refractivity (Wildman–Crippen MR) is 200 cm³/mol. The Hall–Kier alpha value is -5.24. The van der Waals surface area contributed by atoms with Crippen LogP contribution in [0.3, 0.4) is 0 Å². The number of amides is 4. The first kappa shape index (κ1) is 38.0. The van der Waals surface area contributed by atoms with Crippen molar-refractivity contribution in [3.63, 3.8) is 0 Å². The summed E-state index contributed by atoms with van der Waals surface area (Å²) in [6, 6.07) is 14.8. The number of nitrogens with one attached hydrogen (secondary N) is 3. The highest BCUT2D eigenvalue weighted by Crippen LogP contribution is 2.41. The second-order valence-corrected chi connectivity index (χ2v) is 13.2. The van der Waals surface area contributed by atoms with Crippen LogP contribution in [-0.4, -0.2) is 68.2 Å². The fraction of sp³-hybridized carbons (Fsp3) is 0.368. The molecule has 4 amide bonds. The number of nitrogens with zero attached hydrogens (tertiary/aromatic N) is 2. The highest BCUT2D eigenvalue weighted by Gasteiger charge is 2.36. The van der Waals surface area contributed by atoms with Gasteiger partial charge in [-0.15, -0.1) is 0 Å². The summed E-state index contributed by atoms with van der Waals surface area (Å²) in [5.41, 5.74) is 5.00. The second-order valence-electron chi connectivity index (χ2n) is 12.6. The van der Waals surface area contributed by atoms with Crippen molar-refractivity contribution in [3.8, 4) is 11.5 Å². The Morgan fingerprint density at radius 1 is 0.923 bits per heavy atom. The molecule has 0 saturated carbocycles. The Labute approximate surface area is 310 Å². The summed E-state index contributed by atoms with van der Waals surface area (Å²) < 4.78 is 16.4. The third kappa shape index (κ3) is 9.15. The maximum atomic E-state index is 13.7. The van der Waals surface area contributed by atoms with Crippen molar-refractivity contribution in [3.05, 3.63) is 76.9 Å². The Bertz CT molecular complexity index is 1880. The van der Waals surface area contributed by atoms with Crippen molar-refractivity contribution in [1.82, 2.24) is 10.6 Å². The zero-order valence-corrected chi connectivity index (χ0v) is 31.1. The number of halogens is 1. The number of unbranched alkanes of at least 4 members (excludes halogenated alkanes) is 1. The van der Waals surface area contributed by atoms with E-state index in [1.165, 1.54) is 21.1 Å². The summed E-state index contributed by atoms with van der Waals surface area (Å²) in [5, 5.41) is 8.61. The average Bonchev–Trinajstić information content (AvgIpc) is 3.46. The summed E-state index contributed by atoms with van der Waals surface area (Å²) in [7, 11) is 2.82. The van der Waals surface area contributed by atoms with Gasteiger partial charge in [-0.3, -0.25) is 33.9 Å². The molecule has 0 saturated heterocycles. The van der Waals surface area contributed by atoms with Gasteiger partial charge >= 0.3 is 5.97 Å². The maximum absolute atomic E-state index is 13.7. The lowest BCUT2D eigenvalue weighted by atomic mass is 10.1. The van der Waals surface area contributed by atoms with Gasteiger partial charge in [0.15, 0.2) is 11.5 Å². The number of benzene rings is 3. The molecule has 0 aliphatic carbocycles. The SMILES string of the molecule is COC(=O)CCCCC(=O)N[C@@H](C)C(=O)N[C@@H](C)C(=O)Nc1cc(CBr)cc(COc2cc3c(cc2OC)C(=O)N2c4ccccc4CC2C=N3)c1. The lowest BCUT2D eigenvalue weighted by Crippen LogP contribution is -2.50. The first-order chi connectivity index (χ1) is 25.0. The van der Waals surface area contributed by atoms with Crippen molar-refractivity contribution in [1.29, 1.82) is 0 Å². The molecule has 0 fully saturated rings. The Kier molecular flexibility index (Phi) is 12.7. The molecule has 2 aliphatic heterocycles.